The Morgan fingerprint density at radius 1 is 0.750 bits per heavy atom. The van der Waals surface area contributed by atoms with Gasteiger partial charge in [0.05, 0.1) is 0 Å². The number of allylic oxidation sites excluding steroid dienone is 1. The van der Waals surface area contributed by atoms with Gasteiger partial charge in [-0.25, -0.2) is 4.79 Å². The van der Waals surface area contributed by atoms with Crippen molar-refractivity contribution in [1.29, 1.82) is 0 Å². The summed E-state index contributed by atoms with van der Waals surface area (Å²) < 4.78 is 5.44. The molecule has 2 bridgehead atoms. The van der Waals surface area contributed by atoms with Gasteiger partial charge in [-0.3, -0.25) is 0 Å². The lowest BCUT2D eigenvalue weighted by Gasteiger charge is -2.54. The maximum Gasteiger partial charge on any atom is 0.335 e. The highest BCUT2D eigenvalue weighted by Crippen LogP contribution is 2.59. The second kappa shape index (κ2) is 12.7. The molecule has 3 aliphatic rings. The fourth-order valence-corrected chi connectivity index (χ4v) is 6.56. The number of carbonyl (C=O) groups excluding carboxylic acids is 1. The summed E-state index contributed by atoms with van der Waals surface area (Å²) in [4.78, 5) is 12.0. The Morgan fingerprint density at radius 3 is 1.94 bits per heavy atom. The number of fused-ring (bicyclic) bond motifs is 3. The van der Waals surface area contributed by atoms with Crippen LogP contribution in [-0.2, 0) is 10.2 Å². The molecule has 0 aromatic heterocycles. The minimum atomic E-state index is -0.303. The van der Waals surface area contributed by atoms with Crippen LogP contribution in [0.4, 0.5) is 0 Å². The molecule has 2 heteroatoms. The lowest BCUT2D eigenvalue weighted by atomic mass is 9.51. The largest absolute Gasteiger partial charge is 0.423 e. The zero-order valence-corrected chi connectivity index (χ0v) is 22.7. The maximum atomic E-state index is 12.0. The molecule has 0 radical (unpaired) electrons. The third-order valence-electron chi connectivity index (χ3n) is 9.09. The van der Waals surface area contributed by atoms with E-state index in [1.165, 1.54) is 88.7 Å². The van der Waals surface area contributed by atoms with E-state index >= 15 is 0 Å². The first-order chi connectivity index (χ1) is 17.6. The van der Waals surface area contributed by atoms with Crippen molar-refractivity contribution < 1.29 is 9.53 Å². The van der Waals surface area contributed by atoms with Crippen LogP contribution in [0, 0.1) is 5.41 Å². The van der Waals surface area contributed by atoms with E-state index in [1.54, 1.807) is 5.56 Å². The molecule has 3 saturated carbocycles. The van der Waals surface area contributed by atoms with Gasteiger partial charge in [-0.05, 0) is 91.0 Å². The number of esters is 1. The smallest absolute Gasteiger partial charge is 0.335 e. The fraction of sp³-hybridized carbons (Fsp3) is 0.559. The molecular weight excluding hydrogens is 440 g/mol. The van der Waals surface area contributed by atoms with Crippen LogP contribution in [0.15, 0.2) is 60.7 Å². The van der Waals surface area contributed by atoms with E-state index in [9.17, 15) is 4.79 Å². The lowest BCUT2D eigenvalue weighted by molar-refractivity contribution is -0.129. The highest BCUT2D eigenvalue weighted by Gasteiger charge is 2.48. The van der Waals surface area contributed by atoms with Crippen molar-refractivity contribution in [2.45, 2.75) is 116 Å². The molecular formula is C34H46O2. The number of unbranched alkanes of at least 4 members (excludes halogenated alkanes) is 6. The Balaban J connectivity index is 1.30. The van der Waals surface area contributed by atoms with Crippen LogP contribution >= 0.6 is 0 Å². The topological polar surface area (TPSA) is 26.3 Å². The Morgan fingerprint density at radius 2 is 1.33 bits per heavy atom. The second-order valence-electron chi connectivity index (χ2n) is 11.5. The van der Waals surface area contributed by atoms with Crippen LogP contribution < -0.4 is 4.74 Å². The van der Waals surface area contributed by atoms with E-state index in [1.807, 2.05) is 30.3 Å². The summed E-state index contributed by atoms with van der Waals surface area (Å²) in [6, 6.07) is 17.2. The van der Waals surface area contributed by atoms with Crippen LogP contribution in [0.2, 0.25) is 0 Å². The monoisotopic (exact) mass is 486 g/mol. The van der Waals surface area contributed by atoms with Gasteiger partial charge in [0, 0.05) is 6.08 Å². The molecule has 0 amide bonds. The van der Waals surface area contributed by atoms with E-state index in [0.717, 1.165) is 24.8 Å². The van der Waals surface area contributed by atoms with Gasteiger partial charge in [-0.15, -0.1) is 0 Å². The SMILES string of the molecule is CCCC/C=C/C(=O)Oc1ccc(-c2ccc(C34CCC(CCCCCCC)(CC3)CC4)cc2)cc1. The molecule has 194 valence electrons. The van der Waals surface area contributed by atoms with Gasteiger partial charge in [0.2, 0.25) is 0 Å². The van der Waals surface area contributed by atoms with E-state index in [-0.39, 0.29) is 5.97 Å². The van der Waals surface area contributed by atoms with E-state index < -0.39 is 0 Å². The fourth-order valence-electron chi connectivity index (χ4n) is 6.56. The Hall–Kier alpha value is -2.35. The zero-order chi connectivity index (χ0) is 25.3. The van der Waals surface area contributed by atoms with Gasteiger partial charge in [0.25, 0.3) is 0 Å². The van der Waals surface area contributed by atoms with Gasteiger partial charge in [0.1, 0.15) is 5.75 Å². The van der Waals surface area contributed by atoms with Crippen molar-refractivity contribution in [2.24, 2.45) is 5.41 Å². The molecule has 0 saturated heterocycles. The van der Waals surface area contributed by atoms with Crippen molar-refractivity contribution in [1.82, 2.24) is 0 Å². The van der Waals surface area contributed by atoms with Crippen molar-refractivity contribution in [2.75, 3.05) is 0 Å². The van der Waals surface area contributed by atoms with Crippen molar-refractivity contribution in [3.05, 3.63) is 66.2 Å². The van der Waals surface area contributed by atoms with Crippen molar-refractivity contribution in [3.63, 3.8) is 0 Å². The number of carbonyl (C=O) groups is 1. The molecule has 0 N–H and O–H groups in total. The van der Waals surface area contributed by atoms with Crippen LogP contribution in [0.5, 0.6) is 5.75 Å². The van der Waals surface area contributed by atoms with Crippen molar-refractivity contribution >= 4 is 5.97 Å². The highest BCUT2D eigenvalue weighted by atomic mass is 16.5. The molecule has 3 aliphatic carbocycles. The predicted octanol–water partition coefficient (Wildman–Crippen LogP) is 9.96. The molecule has 2 aromatic rings. The van der Waals surface area contributed by atoms with Gasteiger partial charge in [-0.1, -0.05) is 101 Å². The lowest BCUT2D eigenvalue weighted by Crippen LogP contribution is -2.44. The average Bonchev–Trinajstić information content (AvgIpc) is 2.93. The maximum absolute atomic E-state index is 12.0. The standard InChI is InChI=1S/C34H46O2/c1-3-5-7-9-11-21-33-22-25-34(26-23-33,27-24-33)30-17-13-28(14-18-30)29-15-19-31(20-16-29)36-32(35)12-10-8-6-4-2/h10,12-20H,3-9,11,21-27H2,1-2H3/b12-10+. The van der Waals surface area contributed by atoms with Crippen LogP contribution in [0.25, 0.3) is 11.1 Å². The number of hydrogen-bond donors (Lipinski definition) is 0. The highest BCUT2D eigenvalue weighted by molar-refractivity contribution is 5.84. The van der Waals surface area contributed by atoms with Crippen LogP contribution in [0.1, 0.15) is 116 Å². The van der Waals surface area contributed by atoms with E-state index in [2.05, 4.69) is 38.1 Å². The summed E-state index contributed by atoms with van der Waals surface area (Å²) >= 11 is 0. The van der Waals surface area contributed by atoms with Crippen LogP contribution in [-0.4, -0.2) is 5.97 Å². The Labute approximate surface area is 219 Å². The molecule has 0 spiro atoms. The Bertz CT molecular complexity index is 958. The van der Waals surface area contributed by atoms with Gasteiger partial charge < -0.3 is 4.74 Å². The summed E-state index contributed by atoms with van der Waals surface area (Å²) in [6.07, 6.45) is 23.5. The second-order valence-corrected chi connectivity index (χ2v) is 11.5. The molecule has 0 heterocycles. The number of hydrogen-bond acceptors (Lipinski definition) is 2. The zero-order valence-electron chi connectivity index (χ0n) is 22.7. The summed E-state index contributed by atoms with van der Waals surface area (Å²) in [5.41, 5.74) is 4.99. The Kier molecular flexibility index (Phi) is 9.46. The molecule has 3 fully saturated rings. The molecule has 36 heavy (non-hydrogen) atoms. The van der Waals surface area contributed by atoms with E-state index in [4.69, 9.17) is 4.74 Å². The molecule has 0 atom stereocenters. The van der Waals surface area contributed by atoms with Crippen LogP contribution in [0.3, 0.4) is 0 Å². The molecule has 2 aromatic carbocycles. The summed E-state index contributed by atoms with van der Waals surface area (Å²) in [5, 5.41) is 0. The molecule has 5 rings (SSSR count). The van der Waals surface area contributed by atoms with Gasteiger partial charge in [0.15, 0.2) is 0 Å². The van der Waals surface area contributed by atoms with Gasteiger partial charge in [-0.2, -0.15) is 0 Å². The third-order valence-corrected chi connectivity index (χ3v) is 9.09. The number of benzene rings is 2. The van der Waals surface area contributed by atoms with Gasteiger partial charge >= 0.3 is 5.97 Å². The average molecular weight is 487 g/mol. The minimum Gasteiger partial charge on any atom is -0.423 e. The summed E-state index contributed by atoms with van der Waals surface area (Å²) in [5.74, 6) is 0.292. The molecule has 0 unspecified atom stereocenters. The van der Waals surface area contributed by atoms with E-state index in [0.29, 0.717) is 16.6 Å². The third kappa shape index (κ3) is 6.69. The first-order valence-corrected chi connectivity index (χ1v) is 14.7. The van der Waals surface area contributed by atoms with Crippen molar-refractivity contribution in [3.8, 4) is 16.9 Å². The molecule has 0 aliphatic heterocycles. The quantitative estimate of drug-likeness (QED) is 0.122. The minimum absolute atomic E-state index is 0.303. The summed E-state index contributed by atoms with van der Waals surface area (Å²) in [6.45, 7) is 4.45. The number of rotatable bonds is 13. The first-order valence-electron chi connectivity index (χ1n) is 14.7. The number of ether oxygens (including phenoxy) is 1. The first kappa shape index (κ1) is 26.7. The predicted molar refractivity (Wildman–Crippen MR) is 151 cm³/mol. The summed E-state index contributed by atoms with van der Waals surface area (Å²) in [7, 11) is 0. The molecule has 2 nitrogen and oxygen atoms in total. The normalized spacial score (nSPS) is 23.3.